The second kappa shape index (κ2) is 3.29. The van der Waals surface area contributed by atoms with Crippen LogP contribution in [0.15, 0.2) is 0 Å². The van der Waals surface area contributed by atoms with E-state index in [9.17, 15) is 4.79 Å². The molecule has 0 aliphatic rings. The van der Waals surface area contributed by atoms with E-state index in [0.29, 0.717) is 0 Å². The highest BCUT2D eigenvalue weighted by molar-refractivity contribution is 5.68. The van der Waals surface area contributed by atoms with E-state index in [2.05, 4.69) is 10.1 Å². The van der Waals surface area contributed by atoms with Gasteiger partial charge in [0, 0.05) is 0 Å². The number of nitrogens with one attached hydrogen (secondary N) is 1. The summed E-state index contributed by atoms with van der Waals surface area (Å²) in [5.41, 5.74) is 0. The molecule has 0 aromatic heterocycles. The lowest BCUT2D eigenvalue weighted by Gasteiger charge is -2.03. The average Bonchev–Trinajstić information content (AvgIpc) is 1.65. The zero-order chi connectivity index (χ0) is 6.57. The van der Waals surface area contributed by atoms with Crippen LogP contribution in [0.4, 0.5) is 4.79 Å². The third-order valence-electron chi connectivity index (χ3n) is 0.537. The standard InChI is InChI=1S/C5H10NO2/c1-4(2)6-5(7)8-3/h1-3H3,(H,6,7). The number of ether oxygens (including phenoxy) is 1. The van der Waals surface area contributed by atoms with Crippen molar-refractivity contribution in [3.8, 4) is 0 Å². The number of hydrogen-bond acceptors (Lipinski definition) is 2. The second-order valence-corrected chi connectivity index (χ2v) is 1.62. The van der Waals surface area contributed by atoms with Gasteiger partial charge in [-0.2, -0.15) is 0 Å². The predicted octanol–water partition coefficient (Wildman–Crippen LogP) is 0.914. The molecule has 3 heteroatoms. The average molecular weight is 116 g/mol. The van der Waals surface area contributed by atoms with Crippen molar-refractivity contribution < 1.29 is 9.53 Å². The molecule has 0 aromatic rings. The van der Waals surface area contributed by atoms with Crippen LogP contribution in [0.2, 0.25) is 0 Å². The summed E-state index contributed by atoms with van der Waals surface area (Å²) in [4.78, 5) is 10.3. The van der Waals surface area contributed by atoms with Crippen LogP contribution in [0, 0.1) is 6.04 Å². The highest BCUT2D eigenvalue weighted by atomic mass is 16.5. The minimum Gasteiger partial charge on any atom is -0.453 e. The highest BCUT2D eigenvalue weighted by Crippen LogP contribution is 1.86. The molecule has 0 atom stereocenters. The summed E-state index contributed by atoms with van der Waals surface area (Å²) in [6.07, 6.45) is -0.412. The SMILES string of the molecule is COC(=O)N[C](C)C. The Kier molecular flexibility index (Phi) is 2.99. The third kappa shape index (κ3) is 3.46. The maximum atomic E-state index is 10.3. The molecule has 8 heavy (non-hydrogen) atoms. The molecule has 0 unspecified atom stereocenters. The van der Waals surface area contributed by atoms with E-state index in [4.69, 9.17) is 0 Å². The van der Waals surface area contributed by atoms with Gasteiger partial charge in [-0.1, -0.05) is 0 Å². The van der Waals surface area contributed by atoms with Gasteiger partial charge in [0.25, 0.3) is 0 Å². The summed E-state index contributed by atoms with van der Waals surface area (Å²) in [7, 11) is 1.33. The normalized spacial score (nSPS) is 9.00. The lowest BCUT2D eigenvalue weighted by atomic mass is 10.4. The molecule has 3 nitrogen and oxygen atoms in total. The second-order valence-electron chi connectivity index (χ2n) is 1.62. The van der Waals surface area contributed by atoms with Gasteiger partial charge >= 0.3 is 6.09 Å². The molecule has 47 valence electrons. The number of carbonyl (C=O) groups excluding carboxylic acids is 1. The van der Waals surface area contributed by atoms with Crippen LogP contribution in [0.3, 0.4) is 0 Å². The van der Waals surface area contributed by atoms with Crippen LogP contribution in [-0.4, -0.2) is 13.2 Å². The Labute approximate surface area is 49.0 Å². The molecular formula is C5H10NO2. The largest absolute Gasteiger partial charge is 0.453 e. The topological polar surface area (TPSA) is 38.3 Å². The van der Waals surface area contributed by atoms with Crippen LogP contribution in [0.5, 0.6) is 0 Å². The van der Waals surface area contributed by atoms with Gasteiger partial charge in [-0.25, -0.2) is 4.79 Å². The third-order valence-corrected chi connectivity index (χ3v) is 0.537. The van der Waals surface area contributed by atoms with Gasteiger partial charge in [-0.05, 0) is 13.8 Å². The van der Waals surface area contributed by atoms with E-state index in [0.717, 1.165) is 6.04 Å². The number of carbonyl (C=O) groups is 1. The quantitative estimate of drug-likeness (QED) is 0.553. The van der Waals surface area contributed by atoms with Gasteiger partial charge in [0.2, 0.25) is 0 Å². The Morgan fingerprint density at radius 1 is 1.50 bits per heavy atom. The molecule has 0 aliphatic heterocycles. The van der Waals surface area contributed by atoms with Crippen LogP contribution < -0.4 is 5.32 Å². The maximum Gasteiger partial charge on any atom is 0.407 e. The van der Waals surface area contributed by atoms with E-state index in [-0.39, 0.29) is 0 Å². The minimum atomic E-state index is -0.412. The lowest BCUT2D eigenvalue weighted by Crippen LogP contribution is -2.24. The molecule has 0 bridgehead atoms. The molecule has 0 aromatic carbocycles. The highest BCUT2D eigenvalue weighted by Gasteiger charge is 1.98. The zero-order valence-electron chi connectivity index (χ0n) is 5.32. The van der Waals surface area contributed by atoms with Gasteiger partial charge in [-0.3, -0.25) is 0 Å². The van der Waals surface area contributed by atoms with Gasteiger partial charge in [0.1, 0.15) is 0 Å². The summed E-state index contributed by atoms with van der Waals surface area (Å²) in [5, 5.41) is 2.45. The summed E-state index contributed by atoms with van der Waals surface area (Å²) < 4.78 is 4.29. The van der Waals surface area contributed by atoms with Crippen molar-refractivity contribution in [2.45, 2.75) is 13.8 Å². The molecule has 1 N–H and O–H groups in total. The van der Waals surface area contributed by atoms with Crippen molar-refractivity contribution in [2.24, 2.45) is 0 Å². The zero-order valence-corrected chi connectivity index (χ0v) is 5.32. The van der Waals surface area contributed by atoms with Crippen molar-refractivity contribution in [1.82, 2.24) is 5.32 Å². The van der Waals surface area contributed by atoms with Crippen molar-refractivity contribution >= 4 is 6.09 Å². The first-order valence-electron chi connectivity index (χ1n) is 2.32. The number of alkyl carbamates (subject to hydrolysis) is 1. The van der Waals surface area contributed by atoms with Crippen LogP contribution >= 0.6 is 0 Å². The van der Waals surface area contributed by atoms with Gasteiger partial charge in [-0.15, -0.1) is 0 Å². The fraction of sp³-hybridized carbons (Fsp3) is 0.600. The van der Waals surface area contributed by atoms with Crippen molar-refractivity contribution in [1.29, 1.82) is 0 Å². The molecule has 0 heterocycles. The number of rotatable bonds is 1. The van der Waals surface area contributed by atoms with E-state index < -0.39 is 6.09 Å². The molecule has 0 saturated carbocycles. The smallest absolute Gasteiger partial charge is 0.407 e. The maximum absolute atomic E-state index is 10.3. The Bertz CT molecular complexity index is 80.5. The van der Waals surface area contributed by atoms with E-state index in [1.807, 2.05) is 0 Å². The summed E-state index contributed by atoms with van der Waals surface area (Å²) in [5.74, 6) is 0. The minimum absolute atomic E-state index is 0.412. The van der Waals surface area contributed by atoms with E-state index >= 15 is 0 Å². The first kappa shape index (κ1) is 7.27. The van der Waals surface area contributed by atoms with Crippen LogP contribution in [0.25, 0.3) is 0 Å². The monoisotopic (exact) mass is 116 g/mol. The number of methoxy groups -OCH3 is 1. The molecule has 0 rings (SSSR count). The molecule has 0 aliphatic carbocycles. The van der Waals surface area contributed by atoms with Crippen LogP contribution in [-0.2, 0) is 4.74 Å². The van der Waals surface area contributed by atoms with Gasteiger partial charge < -0.3 is 10.1 Å². The lowest BCUT2D eigenvalue weighted by molar-refractivity contribution is 0.172. The predicted molar refractivity (Wildman–Crippen MR) is 30.1 cm³/mol. The van der Waals surface area contributed by atoms with Crippen molar-refractivity contribution in [3.63, 3.8) is 0 Å². The van der Waals surface area contributed by atoms with Crippen molar-refractivity contribution in [3.05, 3.63) is 6.04 Å². The molecular weight excluding hydrogens is 106 g/mol. The molecule has 1 amide bonds. The summed E-state index contributed by atoms with van der Waals surface area (Å²) >= 11 is 0. The Morgan fingerprint density at radius 3 is 2.12 bits per heavy atom. The fourth-order valence-electron chi connectivity index (χ4n) is 0.255. The molecule has 1 radical (unpaired) electrons. The summed E-state index contributed by atoms with van der Waals surface area (Å²) in [6.45, 7) is 3.58. The molecule has 0 fully saturated rings. The van der Waals surface area contributed by atoms with E-state index in [1.165, 1.54) is 7.11 Å². The Morgan fingerprint density at radius 2 is 2.00 bits per heavy atom. The Balaban J connectivity index is 3.25. The fourth-order valence-corrected chi connectivity index (χ4v) is 0.255. The first-order valence-corrected chi connectivity index (χ1v) is 2.32. The summed E-state index contributed by atoms with van der Waals surface area (Å²) in [6, 6.07) is 0.830. The molecule has 0 saturated heterocycles. The molecule has 0 spiro atoms. The van der Waals surface area contributed by atoms with E-state index in [1.54, 1.807) is 13.8 Å². The first-order chi connectivity index (χ1) is 3.66. The Hall–Kier alpha value is -0.730. The van der Waals surface area contributed by atoms with Gasteiger partial charge in [0.15, 0.2) is 0 Å². The van der Waals surface area contributed by atoms with Crippen LogP contribution in [0.1, 0.15) is 13.8 Å². The number of hydrogen-bond donors (Lipinski definition) is 1. The van der Waals surface area contributed by atoms with Gasteiger partial charge in [0.05, 0.1) is 13.2 Å². The number of amides is 1. The van der Waals surface area contributed by atoms with Crippen molar-refractivity contribution in [2.75, 3.05) is 7.11 Å².